The van der Waals surface area contributed by atoms with Gasteiger partial charge < -0.3 is 9.16 Å². The second-order valence-corrected chi connectivity index (χ2v) is 11.5. The molecule has 0 saturated carbocycles. The minimum atomic E-state index is -2.07. The number of hydrogen-bond acceptors (Lipinski definition) is 3. The number of ketones is 1. The van der Waals surface area contributed by atoms with Gasteiger partial charge in [-0.15, -0.1) is 0 Å². The average molecular weight is 278 g/mol. The number of para-hydroxylation sites is 1. The van der Waals surface area contributed by atoms with Crippen LogP contribution in [-0.2, 0) is 4.43 Å². The molecule has 104 valence electrons. The van der Waals surface area contributed by atoms with E-state index in [9.17, 15) is 4.79 Å². The summed E-state index contributed by atoms with van der Waals surface area (Å²) < 4.78 is 12.0. The van der Waals surface area contributed by atoms with Crippen LogP contribution in [0.4, 0.5) is 0 Å². The largest absolute Gasteiger partial charge is 0.455 e. The Morgan fingerprint density at radius 2 is 1.79 bits per heavy atom. The molecule has 1 aromatic rings. The molecule has 4 heteroatoms. The normalized spacial score (nSPS) is 23.2. The third-order valence-electron chi connectivity index (χ3n) is 4.10. The van der Waals surface area contributed by atoms with E-state index >= 15 is 0 Å². The van der Waals surface area contributed by atoms with Crippen molar-refractivity contribution in [2.45, 2.75) is 51.6 Å². The fourth-order valence-corrected chi connectivity index (χ4v) is 3.37. The number of carbonyl (C=O) groups is 1. The summed E-state index contributed by atoms with van der Waals surface area (Å²) in [6, 6.07) is 7.31. The summed E-state index contributed by atoms with van der Waals surface area (Å²) in [4.78, 5) is 12.5. The van der Waals surface area contributed by atoms with Crippen molar-refractivity contribution in [2.75, 3.05) is 0 Å². The molecule has 0 saturated heterocycles. The van der Waals surface area contributed by atoms with E-state index in [0.29, 0.717) is 11.3 Å². The Balaban J connectivity index is 2.31. The van der Waals surface area contributed by atoms with Crippen molar-refractivity contribution < 1.29 is 14.0 Å². The van der Waals surface area contributed by atoms with Crippen molar-refractivity contribution in [3.05, 3.63) is 29.8 Å². The molecule has 1 aromatic carbocycles. The lowest BCUT2D eigenvalue weighted by molar-refractivity contribution is -0.0639. The van der Waals surface area contributed by atoms with Crippen LogP contribution >= 0.6 is 0 Å². The lowest BCUT2D eigenvalue weighted by Crippen LogP contribution is -2.53. The second kappa shape index (κ2) is 4.18. The van der Waals surface area contributed by atoms with Crippen molar-refractivity contribution in [3.63, 3.8) is 0 Å². The van der Waals surface area contributed by atoms with Gasteiger partial charge in [0.15, 0.2) is 8.32 Å². The van der Waals surface area contributed by atoms with Crippen LogP contribution in [0, 0.1) is 0 Å². The van der Waals surface area contributed by atoms with E-state index < -0.39 is 14.1 Å². The van der Waals surface area contributed by atoms with Crippen LogP contribution in [0.3, 0.4) is 0 Å². The van der Waals surface area contributed by atoms with Crippen LogP contribution < -0.4 is 4.74 Å². The molecule has 1 heterocycles. The molecule has 1 atom stereocenters. The van der Waals surface area contributed by atoms with Gasteiger partial charge in [-0.25, -0.2) is 0 Å². The lowest BCUT2D eigenvalue weighted by atomic mass is 10.1. The Morgan fingerprint density at radius 1 is 1.21 bits per heavy atom. The van der Waals surface area contributed by atoms with Gasteiger partial charge in [0.1, 0.15) is 5.75 Å². The maximum absolute atomic E-state index is 12.5. The summed E-state index contributed by atoms with van der Waals surface area (Å²) in [6.07, 6.45) is 0. The Labute approximate surface area is 116 Å². The molecular formula is C15H22O3Si. The first kappa shape index (κ1) is 14.3. The first-order valence-corrected chi connectivity index (χ1v) is 9.51. The summed E-state index contributed by atoms with van der Waals surface area (Å²) >= 11 is 0. The Kier molecular flexibility index (Phi) is 3.14. The Hall–Kier alpha value is -1.13. The Morgan fingerprint density at radius 3 is 2.32 bits per heavy atom. The molecule has 0 bridgehead atoms. The highest BCUT2D eigenvalue weighted by Crippen LogP contribution is 2.43. The SMILES string of the molecule is CC1(O[Si](C)(C)C(C)(C)C)Oc2ccccc2C1=O. The zero-order valence-electron chi connectivity index (χ0n) is 12.5. The highest BCUT2D eigenvalue weighted by atomic mass is 28.4. The quantitative estimate of drug-likeness (QED) is 0.767. The van der Waals surface area contributed by atoms with E-state index in [2.05, 4.69) is 33.9 Å². The van der Waals surface area contributed by atoms with Crippen LogP contribution in [0.2, 0.25) is 18.1 Å². The van der Waals surface area contributed by atoms with Gasteiger partial charge in [-0.05, 0) is 30.3 Å². The maximum Gasteiger partial charge on any atom is 0.263 e. The average Bonchev–Trinajstić information content (AvgIpc) is 2.49. The first-order chi connectivity index (χ1) is 8.57. The fourth-order valence-electron chi connectivity index (χ4n) is 1.95. The molecule has 1 aliphatic rings. The summed E-state index contributed by atoms with van der Waals surface area (Å²) in [7, 11) is -2.07. The number of hydrogen-bond donors (Lipinski definition) is 0. The van der Waals surface area contributed by atoms with E-state index in [1.165, 1.54) is 0 Å². The van der Waals surface area contributed by atoms with Gasteiger partial charge in [-0.1, -0.05) is 32.9 Å². The summed E-state index contributed by atoms with van der Waals surface area (Å²) in [5.74, 6) is -0.631. The van der Waals surface area contributed by atoms with E-state index in [4.69, 9.17) is 9.16 Å². The van der Waals surface area contributed by atoms with Crippen LogP contribution in [0.15, 0.2) is 24.3 Å². The molecule has 1 aliphatic heterocycles. The number of benzene rings is 1. The molecular weight excluding hydrogens is 256 g/mol. The van der Waals surface area contributed by atoms with Gasteiger partial charge in [0.05, 0.1) is 5.56 Å². The van der Waals surface area contributed by atoms with E-state index in [1.807, 2.05) is 18.2 Å². The van der Waals surface area contributed by atoms with Gasteiger partial charge in [-0.3, -0.25) is 4.79 Å². The van der Waals surface area contributed by atoms with Crippen LogP contribution in [0.1, 0.15) is 38.1 Å². The lowest BCUT2D eigenvalue weighted by Gasteiger charge is -2.41. The van der Waals surface area contributed by atoms with Gasteiger partial charge >= 0.3 is 0 Å². The van der Waals surface area contributed by atoms with Crippen molar-refractivity contribution in [1.29, 1.82) is 0 Å². The molecule has 0 N–H and O–H groups in total. The predicted octanol–water partition coefficient (Wildman–Crippen LogP) is 4.00. The topological polar surface area (TPSA) is 35.5 Å². The van der Waals surface area contributed by atoms with Crippen LogP contribution in [0.5, 0.6) is 5.75 Å². The molecule has 1 unspecified atom stereocenters. The zero-order chi connectivity index (χ0) is 14.5. The molecule has 0 amide bonds. The summed E-state index contributed by atoms with van der Waals surface area (Å²) in [5.41, 5.74) is 0.615. The first-order valence-electron chi connectivity index (χ1n) is 6.60. The van der Waals surface area contributed by atoms with Crippen molar-refractivity contribution in [2.24, 2.45) is 0 Å². The molecule has 0 fully saturated rings. The number of rotatable bonds is 2. The van der Waals surface area contributed by atoms with Crippen molar-refractivity contribution >= 4 is 14.1 Å². The smallest absolute Gasteiger partial charge is 0.263 e. The highest BCUT2D eigenvalue weighted by molar-refractivity contribution is 6.74. The van der Waals surface area contributed by atoms with Crippen LogP contribution in [-0.4, -0.2) is 19.9 Å². The molecule has 0 spiro atoms. The second-order valence-electron chi connectivity index (χ2n) is 6.74. The van der Waals surface area contributed by atoms with Crippen LogP contribution in [0.25, 0.3) is 0 Å². The monoisotopic (exact) mass is 278 g/mol. The maximum atomic E-state index is 12.5. The molecule has 3 nitrogen and oxygen atoms in total. The molecule has 0 aromatic heterocycles. The van der Waals surface area contributed by atoms with Crippen molar-refractivity contribution in [1.82, 2.24) is 0 Å². The number of Topliss-reactive ketones (excluding diaryl/α,β-unsaturated/α-hetero) is 1. The number of carbonyl (C=O) groups excluding carboxylic acids is 1. The zero-order valence-corrected chi connectivity index (χ0v) is 13.5. The molecule has 0 aliphatic carbocycles. The van der Waals surface area contributed by atoms with Gasteiger partial charge in [0.2, 0.25) is 5.78 Å². The Bertz CT molecular complexity index is 516. The standard InChI is InChI=1S/C15H22O3Si/c1-14(2,3)19(5,6)18-15(4)13(16)11-9-7-8-10-12(11)17-15/h7-10H,1-6H3. The molecule has 19 heavy (non-hydrogen) atoms. The number of ether oxygens (including phenoxy) is 1. The minimum absolute atomic E-state index is 0.0361. The molecule has 0 radical (unpaired) electrons. The van der Waals surface area contributed by atoms with E-state index in [-0.39, 0.29) is 10.8 Å². The predicted molar refractivity (Wildman–Crippen MR) is 78.1 cm³/mol. The highest BCUT2D eigenvalue weighted by Gasteiger charge is 2.51. The third-order valence-corrected chi connectivity index (χ3v) is 8.62. The summed E-state index contributed by atoms with van der Waals surface area (Å²) in [5, 5.41) is 0.0361. The molecule has 2 rings (SSSR count). The minimum Gasteiger partial charge on any atom is -0.455 e. The van der Waals surface area contributed by atoms with Crippen molar-refractivity contribution in [3.8, 4) is 5.75 Å². The number of fused-ring (bicyclic) bond motifs is 1. The third kappa shape index (κ3) is 2.35. The van der Waals surface area contributed by atoms with Gasteiger partial charge in [0, 0.05) is 6.92 Å². The summed E-state index contributed by atoms with van der Waals surface area (Å²) in [6.45, 7) is 12.4. The fraction of sp³-hybridized carbons (Fsp3) is 0.533. The van der Waals surface area contributed by atoms with Gasteiger partial charge in [-0.2, -0.15) is 0 Å². The van der Waals surface area contributed by atoms with Gasteiger partial charge in [0.25, 0.3) is 5.79 Å². The van der Waals surface area contributed by atoms with E-state index in [1.54, 1.807) is 13.0 Å². The van der Waals surface area contributed by atoms with E-state index in [0.717, 1.165) is 0 Å².